The Bertz CT molecular complexity index is 1720. The number of rotatable bonds is 9. The van der Waals surface area contributed by atoms with Crippen molar-refractivity contribution in [2.45, 2.75) is 31.1 Å². The zero-order chi connectivity index (χ0) is 27.0. The van der Waals surface area contributed by atoms with Gasteiger partial charge in [0.1, 0.15) is 0 Å². The topological polar surface area (TPSA) is 102 Å². The zero-order valence-corrected chi connectivity index (χ0v) is 22.9. The van der Waals surface area contributed by atoms with Crippen molar-refractivity contribution in [2.24, 2.45) is 0 Å². The predicted octanol–water partition coefficient (Wildman–Crippen LogP) is 5.00. The van der Waals surface area contributed by atoms with Crippen molar-refractivity contribution in [1.29, 1.82) is 0 Å². The second kappa shape index (κ2) is 10.3. The molecule has 0 aliphatic carbocycles. The number of likely N-dealkylation sites (tertiary alicyclic amines) is 1. The second-order valence-electron chi connectivity index (χ2n) is 9.89. The van der Waals surface area contributed by atoms with Crippen LogP contribution in [0, 0.1) is 6.92 Å². The molecule has 1 aliphatic heterocycles. The number of methoxy groups -OCH3 is 1. The van der Waals surface area contributed by atoms with Gasteiger partial charge in [0.05, 0.1) is 41.5 Å². The van der Waals surface area contributed by atoms with E-state index in [-0.39, 0.29) is 4.90 Å². The van der Waals surface area contributed by atoms with Crippen LogP contribution in [0.2, 0.25) is 0 Å². The van der Waals surface area contributed by atoms with Crippen LogP contribution in [-0.4, -0.2) is 65.8 Å². The first-order chi connectivity index (χ1) is 19.0. The summed E-state index contributed by atoms with van der Waals surface area (Å²) in [6, 6.07) is 12.2. The molecule has 5 aromatic rings. The van der Waals surface area contributed by atoms with Gasteiger partial charge in [-0.3, -0.25) is 10.1 Å². The van der Waals surface area contributed by atoms with Gasteiger partial charge >= 0.3 is 0 Å². The van der Waals surface area contributed by atoms with E-state index in [9.17, 15) is 8.42 Å². The molecule has 1 saturated heterocycles. The molecule has 0 atom stereocenters. The van der Waals surface area contributed by atoms with Crippen LogP contribution in [0.4, 0.5) is 0 Å². The van der Waals surface area contributed by atoms with E-state index in [2.05, 4.69) is 20.1 Å². The first kappa shape index (κ1) is 25.4. The Labute approximate surface area is 227 Å². The Morgan fingerprint density at radius 2 is 1.82 bits per heavy atom. The third-order valence-corrected chi connectivity index (χ3v) is 9.07. The standard InChI is InChI=1S/C29H31N5O4S/c1-20-6-8-22(9-7-20)39(35,36)34-24-10-11-30-29(21-18-31-32-19-21)28(24)23-16-26(37-2)27(17-25(23)34)38-15-5-14-33-12-3-4-13-33/h6-11,16-19H,3-5,12-15H2,1-2H3,(H,31,32). The summed E-state index contributed by atoms with van der Waals surface area (Å²) >= 11 is 0. The van der Waals surface area contributed by atoms with Crippen LogP contribution >= 0.6 is 0 Å². The summed E-state index contributed by atoms with van der Waals surface area (Å²) in [4.78, 5) is 7.26. The Morgan fingerprint density at radius 1 is 1.03 bits per heavy atom. The smallest absolute Gasteiger partial charge is 0.268 e. The number of aromatic amines is 1. The lowest BCUT2D eigenvalue weighted by Gasteiger charge is -2.16. The Hall–Kier alpha value is -3.89. The number of H-pyrrole nitrogens is 1. The van der Waals surface area contributed by atoms with Gasteiger partial charge in [-0.2, -0.15) is 5.10 Å². The quantitative estimate of drug-likeness (QED) is 0.260. The van der Waals surface area contributed by atoms with Gasteiger partial charge in [0.2, 0.25) is 0 Å². The number of pyridine rings is 1. The van der Waals surface area contributed by atoms with Crippen LogP contribution in [0.5, 0.6) is 11.5 Å². The fourth-order valence-electron chi connectivity index (χ4n) is 5.36. The molecule has 10 heteroatoms. The SMILES string of the molecule is COc1cc2c3c(-c4cn[nH]c4)nccc3n(S(=O)(=O)c3ccc(C)cc3)c2cc1OCCCN1CCCC1. The summed E-state index contributed by atoms with van der Waals surface area (Å²) in [7, 11) is -2.37. The maximum absolute atomic E-state index is 14.2. The average Bonchev–Trinajstić information content (AvgIpc) is 3.71. The molecular weight excluding hydrogens is 514 g/mol. The lowest BCUT2D eigenvalue weighted by atomic mass is 10.1. The number of hydrogen-bond acceptors (Lipinski definition) is 7. The summed E-state index contributed by atoms with van der Waals surface area (Å²) in [5.74, 6) is 1.05. The Balaban J connectivity index is 1.52. The van der Waals surface area contributed by atoms with Gasteiger partial charge in [-0.05, 0) is 63.5 Å². The van der Waals surface area contributed by atoms with E-state index >= 15 is 0 Å². The minimum Gasteiger partial charge on any atom is -0.493 e. The molecule has 2 aromatic carbocycles. The number of benzene rings is 2. The number of hydrogen-bond donors (Lipinski definition) is 1. The molecule has 4 heterocycles. The number of nitrogens with zero attached hydrogens (tertiary/aromatic N) is 4. The van der Waals surface area contributed by atoms with E-state index in [1.807, 2.05) is 13.0 Å². The lowest BCUT2D eigenvalue weighted by Crippen LogP contribution is -2.22. The molecule has 0 spiro atoms. The Morgan fingerprint density at radius 3 is 2.54 bits per heavy atom. The summed E-state index contributed by atoms with van der Waals surface area (Å²) in [5.41, 5.74) is 3.39. The summed E-state index contributed by atoms with van der Waals surface area (Å²) in [6.07, 6.45) is 8.42. The van der Waals surface area contributed by atoms with E-state index in [0.717, 1.165) is 37.2 Å². The van der Waals surface area contributed by atoms with Crippen LogP contribution in [0.1, 0.15) is 24.8 Å². The maximum atomic E-state index is 14.2. The van der Waals surface area contributed by atoms with Crippen LogP contribution in [0.15, 0.2) is 66.0 Å². The van der Waals surface area contributed by atoms with E-state index < -0.39 is 10.0 Å². The average molecular weight is 546 g/mol. The molecule has 39 heavy (non-hydrogen) atoms. The number of nitrogens with one attached hydrogen (secondary N) is 1. The minimum atomic E-state index is -3.96. The maximum Gasteiger partial charge on any atom is 0.268 e. The third-order valence-electron chi connectivity index (χ3n) is 7.32. The monoisotopic (exact) mass is 545 g/mol. The zero-order valence-electron chi connectivity index (χ0n) is 22.1. The van der Waals surface area contributed by atoms with E-state index in [0.29, 0.717) is 45.6 Å². The fourth-order valence-corrected chi connectivity index (χ4v) is 6.87. The summed E-state index contributed by atoms with van der Waals surface area (Å²) in [5, 5.41) is 8.30. The van der Waals surface area contributed by atoms with E-state index in [1.165, 1.54) is 16.8 Å². The number of aromatic nitrogens is 4. The second-order valence-corrected chi connectivity index (χ2v) is 11.7. The molecule has 1 N–H and O–H groups in total. The molecule has 0 amide bonds. The van der Waals surface area contributed by atoms with Crippen molar-refractivity contribution in [3.05, 3.63) is 66.6 Å². The Kier molecular flexibility index (Phi) is 6.74. The van der Waals surface area contributed by atoms with Crippen LogP contribution in [0.25, 0.3) is 33.1 Å². The highest BCUT2D eigenvalue weighted by Crippen LogP contribution is 2.42. The van der Waals surface area contributed by atoms with Gasteiger partial charge < -0.3 is 14.4 Å². The van der Waals surface area contributed by atoms with Crippen LogP contribution in [-0.2, 0) is 10.0 Å². The van der Waals surface area contributed by atoms with Crippen molar-refractivity contribution in [2.75, 3.05) is 33.4 Å². The van der Waals surface area contributed by atoms with Gasteiger partial charge in [-0.25, -0.2) is 12.4 Å². The molecule has 1 fully saturated rings. The molecule has 0 saturated carbocycles. The molecule has 3 aromatic heterocycles. The summed E-state index contributed by atoms with van der Waals surface area (Å²) in [6.45, 7) is 5.69. The molecule has 0 unspecified atom stereocenters. The van der Waals surface area contributed by atoms with E-state index in [1.54, 1.807) is 62.1 Å². The molecule has 202 valence electrons. The van der Waals surface area contributed by atoms with Crippen molar-refractivity contribution in [1.82, 2.24) is 24.1 Å². The van der Waals surface area contributed by atoms with Crippen molar-refractivity contribution in [3.63, 3.8) is 0 Å². The van der Waals surface area contributed by atoms with Crippen molar-refractivity contribution in [3.8, 4) is 22.8 Å². The van der Waals surface area contributed by atoms with Gasteiger partial charge in [0.25, 0.3) is 10.0 Å². The predicted molar refractivity (Wildman–Crippen MR) is 151 cm³/mol. The minimum absolute atomic E-state index is 0.206. The molecule has 0 radical (unpaired) electrons. The largest absolute Gasteiger partial charge is 0.493 e. The third kappa shape index (κ3) is 4.63. The molecular formula is C29H31N5O4S. The molecule has 0 bridgehead atoms. The van der Waals surface area contributed by atoms with Gasteiger partial charge in [0.15, 0.2) is 11.5 Å². The molecule has 1 aliphatic rings. The highest BCUT2D eigenvalue weighted by Gasteiger charge is 2.27. The van der Waals surface area contributed by atoms with Crippen molar-refractivity contribution < 1.29 is 17.9 Å². The number of ether oxygens (including phenoxy) is 2. The molecule has 6 rings (SSSR count). The van der Waals surface area contributed by atoms with Gasteiger partial charge in [0, 0.05) is 41.3 Å². The van der Waals surface area contributed by atoms with E-state index in [4.69, 9.17) is 9.47 Å². The van der Waals surface area contributed by atoms with Crippen LogP contribution < -0.4 is 9.47 Å². The van der Waals surface area contributed by atoms with Gasteiger partial charge in [-0.1, -0.05) is 17.7 Å². The normalized spacial score (nSPS) is 14.4. The van der Waals surface area contributed by atoms with Crippen LogP contribution in [0.3, 0.4) is 0 Å². The highest BCUT2D eigenvalue weighted by molar-refractivity contribution is 7.90. The van der Waals surface area contributed by atoms with Gasteiger partial charge in [-0.15, -0.1) is 0 Å². The lowest BCUT2D eigenvalue weighted by molar-refractivity contribution is 0.254. The number of fused-ring (bicyclic) bond motifs is 3. The first-order valence-electron chi connectivity index (χ1n) is 13.1. The number of aryl methyl sites for hydroxylation is 1. The highest BCUT2D eigenvalue weighted by atomic mass is 32.2. The fraction of sp³-hybridized carbons (Fsp3) is 0.310. The van der Waals surface area contributed by atoms with Crippen molar-refractivity contribution >= 4 is 31.8 Å². The first-order valence-corrected chi connectivity index (χ1v) is 14.6. The summed E-state index contributed by atoms with van der Waals surface area (Å²) < 4.78 is 41.6. The molecule has 9 nitrogen and oxygen atoms in total.